The van der Waals surface area contributed by atoms with Gasteiger partial charge in [-0.05, 0) is 31.5 Å². The summed E-state index contributed by atoms with van der Waals surface area (Å²) in [7, 11) is -2.03. The van der Waals surface area contributed by atoms with Crippen molar-refractivity contribution in [3.63, 3.8) is 0 Å². The second-order valence-electron chi connectivity index (χ2n) is 7.34. The lowest BCUT2D eigenvalue weighted by atomic mass is 10.1. The van der Waals surface area contributed by atoms with E-state index in [-0.39, 0.29) is 17.0 Å². The van der Waals surface area contributed by atoms with Gasteiger partial charge in [0.25, 0.3) is 0 Å². The predicted octanol–water partition coefficient (Wildman–Crippen LogP) is 5.30. The Kier molecular flexibility index (Phi) is 10.6. The van der Waals surface area contributed by atoms with E-state index in [4.69, 9.17) is 20.8 Å². The topological polar surface area (TPSA) is 35.5 Å². The minimum atomic E-state index is -2.03. The van der Waals surface area contributed by atoms with Crippen LogP contribution < -0.4 is 0 Å². The Hall–Kier alpha value is -0.763. The van der Waals surface area contributed by atoms with E-state index in [9.17, 15) is 4.79 Å². The number of halogens is 1. The molecule has 0 rings (SSSR count). The van der Waals surface area contributed by atoms with Crippen LogP contribution in [0.3, 0.4) is 0 Å². The van der Waals surface area contributed by atoms with E-state index in [2.05, 4.69) is 52.6 Å². The number of esters is 1. The molecule has 5 heteroatoms. The van der Waals surface area contributed by atoms with Crippen molar-refractivity contribution in [2.75, 3.05) is 5.88 Å². The lowest BCUT2D eigenvalue weighted by Crippen LogP contribution is -2.47. The van der Waals surface area contributed by atoms with Gasteiger partial charge in [0.05, 0.1) is 0 Å². The molecule has 0 spiro atoms. The molecule has 0 aliphatic rings. The summed E-state index contributed by atoms with van der Waals surface area (Å²) in [5.41, 5.74) is 0. The molecule has 0 radical (unpaired) electrons. The molecule has 0 heterocycles. The highest BCUT2D eigenvalue weighted by Gasteiger charge is 2.40. The molecule has 0 aromatic carbocycles. The molecule has 0 aromatic rings. The highest BCUT2D eigenvalue weighted by atomic mass is 35.5. The van der Waals surface area contributed by atoms with Gasteiger partial charge in [-0.15, -0.1) is 11.6 Å². The van der Waals surface area contributed by atoms with E-state index >= 15 is 0 Å². The molecule has 24 heavy (non-hydrogen) atoms. The summed E-state index contributed by atoms with van der Waals surface area (Å²) >= 11 is 5.59. The molecule has 3 nitrogen and oxygen atoms in total. The molecule has 0 aliphatic carbocycles. The van der Waals surface area contributed by atoms with Crippen LogP contribution >= 0.6 is 11.6 Å². The molecule has 0 aromatic heterocycles. The summed E-state index contributed by atoms with van der Waals surface area (Å²) in [4.78, 5) is 11.7. The van der Waals surface area contributed by atoms with Gasteiger partial charge in [-0.25, -0.2) is 0 Å². The molecule has 138 valence electrons. The summed E-state index contributed by atoms with van der Waals surface area (Å²) in [5.74, 6) is 5.53. The van der Waals surface area contributed by atoms with Crippen LogP contribution in [0.2, 0.25) is 18.1 Å². The molecule has 0 fully saturated rings. The van der Waals surface area contributed by atoms with Crippen molar-refractivity contribution in [3.8, 4) is 11.8 Å². The third kappa shape index (κ3) is 8.37. The van der Waals surface area contributed by atoms with Crippen LogP contribution in [0.5, 0.6) is 0 Å². The van der Waals surface area contributed by atoms with Crippen LogP contribution in [0, 0.1) is 11.8 Å². The lowest BCUT2D eigenvalue weighted by molar-refractivity contribution is -0.146. The maximum absolute atomic E-state index is 11.7. The Morgan fingerprint density at radius 3 is 2.42 bits per heavy atom. The van der Waals surface area contributed by atoms with Crippen molar-refractivity contribution in [1.29, 1.82) is 0 Å². The Morgan fingerprint density at radius 1 is 1.33 bits per heavy atom. The number of allylic oxidation sites excluding steroid dienone is 1. The Morgan fingerprint density at radius 2 is 1.96 bits per heavy atom. The summed E-state index contributed by atoms with van der Waals surface area (Å²) in [6, 6.07) is 0. The highest BCUT2D eigenvalue weighted by Crippen LogP contribution is 2.38. The van der Waals surface area contributed by atoms with Gasteiger partial charge >= 0.3 is 5.97 Å². The van der Waals surface area contributed by atoms with E-state index in [0.29, 0.717) is 0 Å². The van der Waals surface area contributed by atoms with Crippen molar-refractivity contribution in [3.05, 3.63) is 12.2 Å². The number of unbranched alkanes of at least 4 members (excludes halogenated alkanes) is 2. The normalized spacial score (nSPS) is 14.8. The quantitative estimate of drug-likeness (QED) is 0.145. The fourth-order valence-electron chi connectivity index (χ4n) is 1.70. The van der Waals surface area contributed by atoms with Gasteiger partial charge < -0.3 is 9.16 Å². The molecular weight excluding hydrogens is 340 g/mol. The largest absolute Gasteiger partial charge is 0.445 e. The fraction of sp³-hybridized carbons (Fsp3) is 0.737. The average molecular weight is 373 g/mol. The van der Waals surface area contributed by atoms with Crippen molar-refractivity contribution in [2.45, 2.75) is 84.2 Å². The van der Waals surface area contributed by atoms with Gasteiger partial charge in [0.15, 0.2) is 14.4 Å². The highest BCUT2D eigenvalue weighted by molar-refractivity contribution is 6.74. The van der Waals surface area contributed by atoms with Crippen LogP contribution in [0.4, 0.5) is 0 Å². The molecule has 0 N–H and O–H groups in total. The number of ether oxygens (including phenoxy) is 1. The SMILES string of the molecule is C/C=C/[C@H](O[Si](C)(C)C(C)(C)C)[C@H](C#CCCCC)OC(=O)CCl. The summed E-state index contributed by atoms with van der Waals surface area (Å²) in [5, 5.41) is 0.0590. The summed E-state index contributed by atoms with van der Waals surface area (Å²) < 4.78 is 11.9. The number of hydrogen-bond acceptors (Lipinski definition) is 3. The first-order valence-corrected chi connectivity index (χ1v) is 12.1. The van der Waals surface area contributed by atoms with Gasteiger partial charge in [0, 0.05) is 6.42 Å². The first kappa shape index (κ1) is 23.2. The maximum Gasteiger partial charge on any atom is 0.322 e. The van der Waals surface area contributed by atoms with Gasteiger partial charge in [0.2, 0.25) is 0 Å². The molecule has 0 aliphatic heterocycles. The van der Waals surface area contributed by atoms with Gasteiger partial charge in [-0.2, -0.15) is 0 Å². The Labute approximate surface area is 154 Å². The first-order valence-electron chi connectivity index (χ1n) is 8.63. The van der Waals surface area contributed by atoms with E-state index < -0.39 is 20.4 Å². The summed E-state index contributed by atoms with van der Waals surface area (Å²) in [6.45, 7) is 14.9. The Balaban J connectivity index is 5.42. The van der Waals surface area contributed by atoms with Crippen LogP contribution in [0.1, 0.15) is 53.9 Å². The maximum atomic E-state index is 11.7. The zero-order valence-corrected chi connectivity index (χ0v) is 18.0. The second kappa shape index (κ2) is 11.0. The van der Waals surface area contributed by atoms with Crippen molar-refractivity contribution >= 4 is 25.9 Å². The molecule has 2 atom stereocenters. The van der Waals surface area contributed by atoms with Crippen LogP contribution in [0.25, 0.3) is 0 Å². The minimum Gasteiger partial charge on any atom is -0.445 e. The van der Waals surface area contributed by atoms with Crippen molar-refractivity contribution in [1.82, 2.24) is 0 Å². The number of carbonyl (C=O) groups excluding carboxylic acids is 1. The number of rotatable bonds is 8. The van der Waals surface area contributed by atoms with Crippen LogP contribution in [-0.2, 0) is 14.0 Å². The Bertz CT molecular complexity index is 469. The molecular formula is C19H33ClO3Si. The third-order valence-electron chi connectivity index (χ3n) is 4.18. The molecule has 0 amide bonds. The molecule has 0 saturated carbocycles. The predicted molar refractivity (Wildman–Crippen MR) is 105 cm³/mol. The van der Waals surface area contributed by atoms with E-state index in [0.717, 1.165) is 19.3 Å². The van der Waals surface area contributed by atoms with Gasteiger partial charge in [-0.3, -0.25) is 4.79 Å². The lowest BCUT2D eigenvalue weighted by Gasteiger charge is -2.39. The number of alkyl halides is 1. The fourth-order valence-corrected chi connectivity index (χ4v) is 3.00. The van der Waals surface area contributed by atoms with Crippen LogP contribution in [0.15, 0.2) is 12.2 Å². The zero-order chi connectivity index (χ0) is 18.8. The zero-order valence-electron chi connectivity index (χ0n) is 16.2. The first-order chi connectivity index (χ1) is 11.1. The molecule has 0 saturated heterocycles. The summed E-state index contributed by atoms with van der Waals surface area (Å²) in [6.07, 6.45) is 5.72. The van der Waals surface area contributed by atoms with Gasteiger partial charge in [-0.1, -0.05) is 58.1 Å². The monoisotopic (exact) mass is 372 g/mol. The molecule has 0 bridgehead atoms. The smallest absolute Gasteiger partial charge is 0.322 e. The van der Waals surface area contributed by atoms with E-state index in [1.165, 1.54) is 0 Å². The van der Waals surface area contributed by atoms with Crippen LogP contribution in [-0.4, -0.2) is 32.4 Å². The third-order valence-corrected chi connectivity index (χ3v) is 8.88. The number of hydrogen-bond donors (Lipinski definition) is 0. The molecule has 0 unspecified atom stereocenters. The van der Waals surface area contributed by atoms with E-state index in [1.807, 2.05) is 19.1 Å². The second-order valence-corrected chi connectivity index (χ2v) is 12.4. The van der Waals surface area contributed by atoms with E-state index in [1.54, 1.807) is 0 Å². The van der Waals surface area contributed by atoms with Crippen molar-refractivity contribution in [2.24, 2.45) is 0 Å². The number of carbonyl (C=O) groups is 1. The van der Waals surface area contributed by atoms with Crippen molar-refractivity contribution < 1.29 is 14.0 Å². The standard InChI is InChI=1S/C19H33ClO3Si/c1-8-10-11-12-14-16(22-18(21)15-20)17(13-9-2)23-24(6,7)19(3,4)5/h9,13,16-17H,8,10-11,15H2,1-7H3/b13-9+/t16-,17-/m0/s1. The minimum absolute atomic E-state index is 0.0590. The average Bonchev–Trinajstić information content (AvgIpc) is 2.48. The van der Waals surface area contributed by atoms with Gasteiger partial charge in [0.1, 0.15) is 12.0 Å².